The van der Waals surface area contributed by atoms with Crippen LogP contribution in [0.5, 0.6) is 11.5 Å². The molecule has 0 aliphatic rings. The number of aromatic carboxylic acids is 1. The number of carbonyl (C=O) groups is 1. The third-order valence-electron chi connectivity index (χ3n) is 2.99. The molecule has 0 bridgehead atoms. The maximum Gasteiger partial charge on any atom is 0.335 e. The smallest absolute Gasteiger partial charge is 0.335 e. The highest BCUT2D eigenvalue weighted by Gasteiger charge is 2.10. The van der Waals surface area contributed by atoms with E-state index in [0.29, 0.717) is 12.4 Å². The standard InChI is InChI=1S/C17H18O4/c1-3-20-16-8-7-13(17(18)19)10-14(16)11-21-15-6-4-5-12(2)9-15/h4-10H,3,11H2,1-2H3,(H,18,19). The van der Waals surface area contributed by atoms with Crippen LogP contribution in [-0.4, -0.2) is 17.7 Å². The fourth-order valence-electron chi connectivity index (χ4n) is 1.99. The van der Waals surface area contributed by atoms with Gasteiger partial charge in [0, 0.05) is 5.56 Å². The maximum absolute atomic E-state index is 11.1. The monoisotopic (exact) mass is 286 g/mol. The summed E-state index contributed by atoms with van der Waals surface area (Å²) < 4.78 is 11.2. The van der Waals surface area contributed by atoms with Gasteiger partial charge in [-0.2, -0.15) is 0 Å². The van der Waals surface area contributed by atoms with Crippen molar-refractivity contribution in [2.24, 2.45) is 0 Å². The van der Waals surface area contributed by atoms with Crippen LogP contribution in [0.15, 0.2) is 42.5 Å². The topological polar surface area (TPSA) is 55.8 Å². The van der Waals surface area contributed by atoms with E-state index in [1.54, 1.807) is 12.1 Å². The molecule has 0 radical (unpaired) electrons. The molecule has 21 heavy (non-hydrogen) atoms. The third-order valence-corrected chi connectivity index (χ3v) is 2.99. The molecule has 0 saturated carbocycles. The predicted molar refractivity (Wildman–Crippen MR) is 80.1 cm³/mol. The van der Waals surface area contributed by atoms with Crippen LogP contribution in [0.25, 0.3) is 0 Å². The molecule has 0 fully saturated rings. The molecule has 110 valence electrons. The molecule has 0 spiro atoms. The van der Waals surface area contributed by atoms with Gasteiger partial charge in [-0.25, -0.2) is 4.79 Å². The number of hydrogen-bond acceptors (Lipinski definition) is 3. The van der Waals surface area contributed by atoms with Crippen molar-refractivity contribution >= 4 is 5.97 Å². The van der Waals surface area contributed by atoms with Crippen molar-refractivity contribution in [3.05, 3.63) is 59.2 Å². The third kappa shape index (κ3) is 3.99. The lowest BCUT2D eigenvalue weighted by Crippen LogP contribution is -2.04. The Morgan fingerprint density at radius 1 is 1.14 bits per heavy atom. The summed E-state index contributed by atoms with van der Waals surface area (Å²) in [5.41, 5.74) is 2.05. The lowest BCUT2D eigenvalue weighted by molar-refractivity contribution is 0.0696. The second-order valence-electron chi connectivity index (χ2n) is 4.67. The van der Waals surface area contributed by atoms with E-state index >= 15 is 0 Å². The minimum absolute atomic E-state index is 0.223. The molecule has 0 unspecified atom stereocenters. The lowest BCUT2D eigenvalue weighted by atomic mass is 10.1. The van der Waals surface area contributed by atoms with Gasteiger partial charge in [0.25, 0.3) is 0 Å². The van der Waals surface area contributed by atoms with Crippen LogP contribution in [0.3, 0.4) is 0 Å². The second kappa shape index (κ2) is 6.79. The molecule has 0 aliphatic heterocycles. The fourth-order valence-corrected chi connectivity index (χ4v) is 1.99. The van der Waals surface area contributed by atoms with Gasteiger partial charge in [0.15, 0.2) is 0 Å². The van der Waals surface area contributed by atoms with Crippen LogP contribution in [0.4, 0.5) is 0 Å². The van der Waals surface area contributed by atoms with Crippen molar-refractivity contribution in [2.75, 3.05) is 6.61 Å². The van der Waals surface area contributed by atoms with Crippen molar-refractivity contribution in [3.63, 3.8) is 0 Å². The van der Waals surface area contributed by atoms with Crippen LogP contribution in [0.1, 0.15) is 28.4 Å². The first-order valence-corrected chi connectivity index (χ1v) is 6.78. The van der Waals surface area contributed by atoms with Gasteiger partial charge in [-0.15, -0.1) is 0 Å². The normalized spacial score (nSPS) is 10.2. The molecule has 4 nitrogen and oxygen atoms in total. The van der Waals surface area contributed by atoms with Crippen LogP contribution < -0.4 is 9.47 Å². The molecule has 0 heterocycles. The van der Waals surface area contributed by atoms with Gasteiger partial charge in [-0.3, -0.25) is 0 Å². The summed E-state index contributed by atoms with van der Waals surface area (Å²) >= 11 is 0. The Balaban J connectivity index is 2.20. The zero-order valence-corrected chi connectivity index (χ0v) is 12.1. The van der Waals surface area contributed by atoms with E-state index in [2.05, 4.69) is 0 Å². The summed E-state index contributed by atoms with van der Waals surface area (Å²) in [5, 5.41) is 9.07. The SMILES string of the molecule is CCOc1ccc(C(=O)O)cc1COc1cccc(C)c1. The van der Waals surface area contributed by atoms with E-state index in [-0.39, 0.29) is 12.2 Å². The number of rotatable bonds is 6. The highest BCUT2D eigenvalue weighted by atomic mass is 16.5. The molecule has 0 amide bonds. The quantitative estimate of drug-likeness (QED) is 0.880. The Bertz CT molecular complexity index is 634. The van der Waals surface area contributed by atoms with Gasteiger partial charge in [0.1, 0.15) is 18.1 Å². The zero-order chi connectivity index (χ0) is 15.2. The number of carboxylic acids is 1. The first-order valence-electron chi connectivity index (χ1n) is 6.78. The van der Waals surface area contributed by atoms with Crippen molar-refractivity contribution in [3.8, 4) is 11.5 Å². The van der Waals surface area contributed by atoms with E-state index in [1.165, 1.54) is 6.07 Å². The average molecular weight is 286 g/mol. The Morgan fingerprint density at radius 3 is 2.62 bits per heavy atom. The average Bonchev–Trinajstić information content (AvgIpc) is 2.46. The van der Waals surface area contributed by atoms with Gasteiger partial charge in [-0.05, 0) is 49.7 Å². The number of hydrogen-bond donors (Lipinski definition) is 1. The van der Waals surface area contributed by atoms with Gasteiger partial charge < -0.3 is 14.6 Å². The van der Waals surface area contributed by atoms with E-state index < -0.39 is 5.97 Å². The van der Waals surface area contributed by atoms with Crippen molar-refractivity contribution in [1.29, 1.82) is 0 Å². The highest BCUT2D eigenvalue weighted by molar-refractivity contribution is 5.88. The van der Waals surface area contributed by atoms with E-state index in [1.807, 2.05) is 38.1 Å². The summed E-state index contributed by atoms with van der Waals surface area (Å²) in [6.07, 6.45) is 0. The van der Waals surface area contributed by atoms with Crippen molar-refractivity contribution in [1.82, 2.24) is 0 Å². The Kier molecular flexibility index (Phi) is 4.82. The first-order chi connectivity index (χ1) is 10.1. The minimum atomic E-state index is -0.963. The van der Waals surface area contributed by atoms with E-state index in [0.717, 1.165) is 16.9 Å². The predicted octanol–water partition coefficient (Wildman–Crippen LogP) is 3.67. The number of aryl methyl sites for hydroxylation is 1. The zero-order valence-electron chi connectivity index (χ0n) is 12.1. The molecular weight excluding hydrogens is 268 g/mol. The maximum atomic E-state index is 11.1. The molecule has 2 aromatic carbocycles. The number of benzene rings is 2. The molecule has 4 heteroatoms. The summed E-state index contributed by atoms with van der Waals surface area (Å²) in [6.45, 7) is 4.66. The highest BCUT2D eigenvalue weighted by Crippen LogP contribution is 2.23. The van der Waals surface area contributed by atoms with Crippen LogP contribution in [0, 0.1) is 6.92 Å². The van der Waals surface area contributed by atoms with E-state index in [9.17, 15) is 4.79 Å². The number of ether oxygens (including phenoxy) is 2. The fraction of sp³-hybridized carbons (Fsp3) is 0.235. The van der Waals surface area contributed by atoms with Gasteiger partial charge in [0.2, 0.25) is 0 Å². The Morgan fingerprint density at radius 2 is 1.95 bits per heavy atom. The minimum Gasteiger partial charge on any atom is -0.493 e. The molecule has 2 aromatic rings. The van der Waals surface area contributed by atoms with Crippen molar-refractivity contribution < 1.29 is 19.4 Å². The molecular formula is C17H18O4. The van der Waals surface area contributed by atoms with Crippen molar-refractivity contribution in [2.45, 2.75) is 20.5 Å². The summed E-state index contributed by atoms with van der Waals surface area (Å²) in [5.74, 6) is 0.434. The number of carboxylic acid groups (broad SMARTS) is 1. The molecule has 0 aliphatic carbocycles. The van der Waals surface area contributed by atoms with Crippen LogP contribution in [0.2, 0.25) is 0 Å². The summed E-state index contributed by atoms with van der Waals surface area (Å²) in [6, 6.07) is 12.5. The molecule has 0 aromatic heterocycles. The van der Waals surface area contributed by atoms with Crippen LogP contribution in [-0.2, 0) is 6.61 Å². The Labute approximate surface area is 123 Å². The molecule has 1 N–H and O–H groups in total. The summed E-state index contributed by atoms with van der Waals surface area (Å²) in [4.78, 5) is 11.1. The largest absolute Gasteiger partial charge is 0.493 e. The van der Waals surface area contributed by atoms with Gasteiger partial charge in [0.05, 0.1) is 12.2 Å². The Hall–Kier alpha value is -2.49. The van der Waals surface area contributed by atoms with Crippen LogP contribution >= 0.6 is 0 Å². The van der Waals surface area contributed by atoms with Gasteiger partial charge in [-0.1, -0.05) is 12.1 Å². The molecule has 0 saturated heterocycles. The summed E-state index contributed by atoms with van der Waals surface area (Å²) in [7, 11) is 0. The lowest BCUT2D eigenvalue weighted by Gasteiger charge is -2.12. The first kappa shape index (κ1) is 14.9. The molecule has 0 atom stereocenters. The molecule has 2 rings (SSSR count). The van der Waals surface area contributed by atoms with E-state index in [4.69, 9.17) is 14.6 Å². The second-order valence-corrected chi connectivity index (χ2v) is 4.67. The van der Waals surface area contributed by atoms with Gasteiger partial charge >= 0.3 is 5.97 Å².